The minimum Gasteiger partial charge on any atom is -0.368 e. The third-order valence-corrected chi connectivity index (χ3v) is 3.68. The molecule has 1 N–H and O–H groups in total. The van der Waals surface area contributed by atoms with Gasteiger partial charge in [-0.3, -0.25) is 14.7 Å². The van der Waals surface area contributed by atoms with Crippen LogP contribution in [0.3, 0.4) is 0 Å². The monoisotopic (exact) mass is 340 g/mol. The Morgan fingerprint density at radius 2 is 2.05 bits per heavy atom. The first-order valence-corrected chi connectivity index (χ1v) is 7.71. The highest BCUT2D eigenvalue weighted by atomic mass is 79.9. The molecule has 20 heavy (non-hydrogen) atoms. The molecule has 2 heterocycles. The molecule has 1 aromatic rings. The number of nitrogens with one attached hydrogen (secondary N) is 1. The largest absolute Gasteiger partial charge is 0.368 e. The average Bonchev–Trinajstić information content (AvgIpc) is 2.38. The van der Waals surface area contributed by atoms with E-state index in [0.29, 0.717) is 6.54 Å². The number of anilines is 1. The van der Waals surface area contributed by atoms with Gasteiger partial charge < -0.3 is 10.2 Å². The van der Waals surface area contributed by atoms with Crippen LogP contribution in [0.5, 0.6) is 0 Å². The van der Waals surface area contributed by atoms with Crippen molar-refractivity contribution in [1.82, 2.24) is 15.2 Å². The maximum Gasteiger partial charge on any atom is 0.234 e. The minimum atomic E-state index is 0.109. The fourth-order valence-corrected chi connectivity index (χ4v) is 2.66. The van der Waals surface area contributed by atoms with Gasteiger partial charge in [-0.15, -0.1) is 0 Å². The number of hydrogen-bond donors (Lipinski definition) is 1. The minimum absolute atomic E-state index is 0.109. The highest BCUT2D eigenvalue weighted by Crippen LogP contribution is 2.19. The Bertz CT molecular complexity index is 458. The number of carbonyl (C=O) groups is 1. The van der Waals surface area contributed by atoms with E-state index in [4.69, 9.17) is 0 Å². The van der Waals surface area contributed by atoms with E-state index in [1.807, 2.05) is 20.0 Å². The molecular weight excluding hydrogens is 320 g/mol. The van der Waals surface area contributed by atoms with E-state index in [1.165, 1.54) is 0 Å². The Morgan fingerprint density at radius 3 is 2.65 bits per heavy atom. The van der Waals surface area contributed by atoms with Gasteiger partial charge in [0.25, 0.3) is 0 Å². The molecule has 110 valence electrons. The van der Waals surface area contributed by atoms with Crippen molar-refractivity contribution in [3.63, 3.8) is 0 Å². The van der Waals surface area contributed by atoms with Crippen molar-refractivity contribution in [2.45, 2.75) is 19.9 Å². The molecule has 1 aliphatic rings. The van der Waals surface area contributed by atoms with E-state index in [1.54, 1.807) is 6.20 Å². The van der Waals surface area contributed by atoms with E-state index in [9.17, 15) is 4.79 Å². The van der Waals surface area contributed by atoms with Gasteiger partial charge in [-0.05, 0) is 35.8 Å². The van der Waals surface area contributed by atoms with Crippen LogP contribution in [0.25, 0.3) is 0 Å². The average molecular weight is 341 g/mol. The van der Waals surface area contributed by atoms with Crippen LogP contribution < -0.4 is 10.2 Å². The Hall–Kier alpha value is -1.14. The van der Waals surface area contributed by atoms with Gasteiger partial charge in [0.1, 0.15) is 0 Å². The van der Waals surface area contributed by atoms with Crippen molar-refractivity contribution < 1.29 is 4.79 Å². The van der Waals surface area contributed by atoms with E-state index in [2.05, 4.69) is 42.1 Å². The molecule has 0 unspecified atom stereocenters. The lowest BCUT2D eigenvalue weighted by atomic mass is 10.2. The number of carbonyl (C=O) groups excluding carboxylic acids is 1. The molecule has 5 nitrogen and oxygen atoms in total. The zero-order valence-electron chi connectivity index (χ0n) is 12.0. The lowest BCUT2D eigenvalue weighted by Crippen LogP contribution is -2.50. The quantitative estimate of drug-likeness (QED) is 0.902. The Labute approximate surface area is 128 Å². The Kier molecular flexibility index (Phi) is 5.37. The van der Waals surface area contributed by atoms with Crippen molar-refractivity contribution in [1.29, 1.82) is 0 Å². The summed E-state index contributed by atoms with van der Waals surface area (Å²) in [5.41, 5.74) is 1.13. The molecule has 1 amide bonds. The summed E-state index contributed by atoms with van der Waals surface area (Å²) in [6.45, 7) is 8.10. The summed E-state index contributed by atoms with van der Waals surface area (Å²) >= 11 is 3.44. The molecular formula is C14H21BrN4O. The highest BCUT2D eigenvalue weighted by Gasteiger charge is 2.19. The molecule has 0 radical (unpaired) electrons. The summed E-state index contributed by atoms with van der Waals surface area (Å²) in [7, 11) is 0. The first-order chi connectivity index (χ1) is 9.54. The maximum atomic E-state index is 11.7. The second-order valence-corrected chi connectivity index (χ2v) is 6.26. The standard InChI is InChI=1S/C14H21BrN4O/c1-11(2)17-14(20)10-18-3-5-19(6-4-18)13-7-12(15)8-16-9-13/h7-9,11H,3-6,10H2,1-2H3,(H,17,20). The van der Waals surface area contributed by atoms with Gasteiger partial charge in [-0.2, -0.15) is 0 Å². The van der Waals surface area contributed by atoms with Crippen molar-refractivity contribution in [3.8, 4) is 0 Å². The number of amides is 1. The first kappa shape index (κ1) is 15.3. The topological polar surface area (TPSA) is 48.5 Å². The van der Waals surface area contributed by atoms with Crippen LogP contribution in [0.15, 0.2) is 22.9 Å². The molecule has 0 atom stereocenters. The summed E-state index contributed by atoms with van der Waals surface area (Å²) in [5.74, 6) is 0.109. The molecule has 1 aliphatic heterocycles. The number of aromatic nitrogens is 1. The number of hydrogen-bond acceptors (Lipinski definition) is 4. The van der Waals surface area contributed by atoms with Crippen LogP contribution in [0.2, 0.25) is 0 Å². The van der Waals surface area contributed by atoms with Gasteiger partial charge in [0.2, 0.25) is 5.91 Å². The summed E-state index contributed by atoms with van der Waals surface area (Å²) in [6, 6.07) is 2.28. The number of pyridine rings is 1. The fourth-order valence-electron chi connectivity index (χ4n) is 2.31. The van der Waals surface area contributed by atoms with Crippen LogP contribution in [0.1, 0.15) is 13.8 Å². The lowest BCUT2D eigenvalue weighted by Gasteiger charge is -2.35. The number of rotatable bonds is 4. The number of nitrogens with zero attached hydrogens (tertiary/aromatic N) is 3. The Morgan fingerprint density at radius 1 is 1.35 bits per heavy atom. The van der Waals surface area contributed by atoms with Gasteiger partial charge in [0, 0.05) is 42.9 Å². The van der Waals surface area contributed by atoms with Crippen LogP contribution in [-0.2, 0) is 4.79 Å². The van der Waals surface area contributed by atoms with Gasteiger partial charge in [-0.25, -0.2) is 0 Å². The molecule has 0 aromatic carbocycles. The smallest absolute Gasteiger partial charge is 0.234 e. The fraction of sp³-hybridized carbons (Fsp3) is 0.571. The van der Waals surface area contributed by atoms with Crippen LogP contribution in [0.4, 0.5) is 5.69 Å². The molecule has 0 aliphatic carbocycles. The van der Waals surface area contributed by atoms with E-state index < -0.39 is 0 Å². The van der Waals surface area contributed by atoms with E-state index in [0.717, 1.165) is 36.3 Å². The molecule has 1 fully saturated rings. The van der Waals surface area contributed by atoms with Crippen molar-refractivity contribution >= 4 is 27.5 Å². The normalized spacial score (nSPS) is 16.5. The molecule has 1 saturated heterocycles. The van der Waals surface area contributed by atoms with Crippen molar-refractivity contribution in [2.75, 3.05) is 37.6 Å². The third kappa shape index (κ3) is 4.45. The summed E-state index contributed by atoms with van der Waals surface area (Å²) in [6.07, 6.45) is 3.67. The van der Waals surface area contributed by atoms with Crippen LogP contribution in [-0.4, -0.2) is 54.6 Å². The predicted octanol–water partition coefficient (Wildman–Crippen LogP) is 1.49. The van der Waals surface area contributed by atoms with Gasteiger partial charge >= 0.3 is 0 Å². The summed E-state index contributed by atoms with van der Waals surface area (Å²) < 4.78 is 0.994. The molecule has 6 heteroatoms. The van der Waals surface area contributed by atoms with Gasteiger partial charge in [0.15, 0.2) is 0 Å². The van der Waals surface area contributed by atoms with Gasteiger partial charge in [-0.1, -0.05) is 0 Å². The second-order valence-electron chi connectivity index (χ2n) is 5.35. The van der Waals surface area contributed by atoms with Crippen molar-refractivity contribution in [3.05, 3.63) is 22.9 Å². The Balaban J connectivity index is 1.82. The van der Waals surface area contributed by atoms with Crippen LogP contribution in [0, 0.1) is 0 Å². The summed E-state index contributed by atoms with van der Waals surface area (Å²) in [5, 5.41) is 2.93. The molecule has 0 spiro atoms. The van der Waals surface area contributed by atoms with E-state index in [-0.39, 0.29) is 11.9 Å². The van der Waals surface area contributed by atoms with Gasteiger partial charge in [0.05, 0.1) is 18.4 Å². The SMILES string of the molecule is CC(C)NC(=O)CN1CCN(c2cncc(Br)c2)CC1. The predicted molar refractivity (Wildman–Crippen MR) is 83.9 cm³/mol. The molecule has 0 bridgehead atoms. The second kappa shape index (κ2) is 7.04. The summed E-state index contributed by atoms with van der Waals surface area (Å²) in [4.78, 5) is 20.4. The van der Waals surface area contributed by atoms with Crippen LogP contribution >= 0.6 is 15.9 Å². The van der Waals surface area contributed by atoms with Crippen molar-refractivity contribution in [2.24, 2.45) is 0 Å². The third-order valence-electron chi connectivity index (χ3n) is 3.24. The zero-order chi connectivity index (χ0) is 14.5. The highest BCUT2D eigenvalue weighted by molar-refractivity contribution is 9.10. The van der Waals surface area contributed by atoms with E-state index >= 15 is 0 Å². The molecule has 2 rings (SSSR count). The maximum absolute atomic E-state index is 11.7. The number of piperazine rings is 1. The lowest BCUT2D eigenvalue weighted by molar-refractivity contribution is -0.122. The number of halogens is 1. The molecule has 1 aromatic heterocycles. The zero-order valence-corrected chi connectivity index (χ0v) is 13.6. The first-order valence-electron chi connectivity index (χ1n) is 6.92. The molecule has 0 saturated carbocycles.